The molecule has 2 rings (SSSR count). The van der Waals surface area contributed by atoms with Crippen molar-refractivity contribution in [1.29, 1.82) is 0 Å². The van der Waals surface area contributed by atoms with E-state index in [9.17, 15) is 4.79 Å². The summed E-state index contributed by atoms with van der Waals surface area (Å²) in [5.41, 5.74) is 7.05. The van der Waals surface area contributed by atoms with Crippen molar-refractivity contribution < 1.29 is 4.79 Å². The van der Waals surface area contributed by atoms with Gasteiger partial charge < -0.3 is 10.6 Å². The van der Waals surface area contributed by atoms with Gasteiger partial charge >= 0.3 is 0 Å². The highest BCUT2D eigenvalue weighted by atomic mass is 32.1. The van der Waals surface area contributed by atoms with E-state index in [1.807, 2.05) is 36.6 Å². The molecule has 2 unspecified atom stereocenters. The Kier molecular flexibility index (Phi) is 4.29. The minimum absolute atomic E-state index is 0.0264. The van der Waals surface area contributed by atoms with E-state index < -0.39 is 6.04 Å². The monoisotopic (exact) mass is 275 g/mol. The third-order valence-electron chi connectivity index (χ3n) is 3.23. The van der Waals surface area contributed by atoms with Crippen LogP contribution in [0.4, 0.5) is 0 Å². The Morgan fingerprint density at radius 3 is 2.63 bits per heavy atom. The molecule has 2 aromatic heterocycles. The minimum atomic E-state index is -0.589. The molecule has 0 aliphatic rings. The molecule has 2 atom stereocenters. The highest BCUT2D eigenvalue weighted by Gasteiger charge is 2.24. The van der Waals surface area contributed by atoms with Crippen molar-refractivity contribution in [3.05, 3.63) is 52.5 Å². The number of likely N-dealkylation sites (N-methyl/N-ethyl adjacent to an activating group) is 1. The minimum Gasteiger partial charge on any atom is -0.337 e. The molecule has 2 N–H and O–H groups in total. The quantitative estimate of drug-likeness (QED) is 0.932. The maximum atomic E-state index is 12.3. The molecule has 0 aliphatic carbocycles. The summed E-state index contributed by atoms with van der Waals surface area (Å²) in [6, 6.07) is 6.99. The van der Waals surface area contributed by atoms with Gasteiger partial charge in [0.15, 0.2) is 0 Å². The Morgan fingerprint density at radius 2 is 2.05 bits per heavy atom. The molecule has 4 nitrogen and oxygen atoms in total. The largest absolute Gasteiger partial charge is 0.337 e. The molecule has 0 aromatic carbocycles. The van der Waals surface area contributed by atoms with Crippen LogP contribution in [0.25, 0.3) is 0 Å². The summed E-state index contributed by atoms with van der Waals surface area (Å²) in [7, 11) is 1.78. The van der Waals surface area contributed by atoms with Crippen molar-refractivity contribution in [2.45, 2.75) is 19.0 Å². The van der Waals surface area contributed by atoms with Gasteiger partial charge in [0.2, 0.25) is 5.91 Å². The van der Waals surface area contributed by atoms with E-state index in [1.54, 1.807) is 24.3 Å². The van der Waals surface area contributed by atoms with E-state index in [-0.39, 0.29) is 11.9 Å². The van der Waals surface area contributed by atoms with Gasteiger partial charge in [0.25, 0.3) is 0 Å². The summed E-state index contributed by atoms with van der Waals surface area (Å²) in [5, 5.41) is 1.93. The lowest BCUT2D eigenvalue weighted by Gasteiger charge is -2.27. The molecule has 0 spiro atoms. The number of aromatic nitrogens is 1. The molecule has 5 heteroatoms. The zero-order valence-electron chi connectivity index (χ0n) is 11.0. The number of pyridine rings is 1. The average molecular weight is 275 g/mol. The number of carbonyl (C=O) groups excluding carboxylic acids is 1. The van der Waals surface area contributed by atoms with Crippen LogP contribution in [-0.4, -0.2) is 22.8 Å². The van der Waals surface area contributed by atoms with Gasteiger partial charge in [-0.25, -0.2) is 0 Å². The summed E-state index contributed by atoms with van der Waals surface area (Å²) in [4.78, 5) is 18.9. The molecule has 100 valence electrons. The van der Waals surface area contributed by atoms with E-state index in [0.29, 0.717) is 0 Å². The van der Waals surface area contributed by atoms with Crippen LogP contribution < -0.4 is 5.73 Å². The number of nitrogens with zero attached hydrogens (tertiary/aromatic N) is 2. The molecule has 0 aliphatic heterocycles. The van der Waals surface area contributed by atoms with Gasteiger partial charge in [0.05, 0.1) is 6.04 Å². The number of thiophene rings is 1. The van der Waals surface area contributed by atoms with Gasteiger partial charge in [0, 0.05) is 24.3 Å². The lowest BCUT2D eigenvalue weighted by molar-refractivity contribution is -0.133. The molecule has 0 radical (unpaired) electrons. The summed E-state index contributed by atoms with van der Waals surface area (Å²) in [5.74, 6) is -0.0771. The highest BCUT2D eigenvalue weighted by Crippen LogP contribution is 2.23. The van der Waals surface area contributed by atoms with Crippen LogP contribution in [0.15, 0.2) is 42.0 Å². The van der Waals surface area contributed by atoms with Gasteiger partial charge in [0.1, 0.15) is 6.04 Å². The van der Waals surface area contributed by atoms with E-state index >= 15 is 0 Å². The van der Waals surface area contributed by atoms with Crippen LogP contribution in [0.1, 0.15) is 29.4 Å². The molecule has 0 bridgehead atoms. The summed E-state index contributed by atoms with van der Waals surface area (Å²) >= 11 is 1.50. The maximum absolute atomic E-state index is 12.3. The number of amides is 1. The predicted octanol–water partition coefficient (Wildman–Crippen LogP) is 2.36. The van der Waals surface area contributed by atoms with Gasteiger partial charge in [-0.15, -0.1) is 11.3 Å². The first-order valence-corrected chi connectivity index (χ1v) is 6.95. The van der Waals surface area contributed by atoms with Crippen molar-refractivity contribution in [1.82, 2.24) is 9.88 Å². The van der Waals surface area contributed by atoms with E-state index in [0.717, 1.165) is 10.4 Å². The molecule has 2 heterocycles. The Labute approximate surface area is 116 Å². The molecular formula is C14H17N3OS. The predicted molar refractivity (Wildman–Crippen MR) is 76.7 cm³/mol. The van der Waals surface area contributed by atoms with Crippen molar-refractivity contribution in [2.75, 3.05) is 7.05 Å². The van der Waals surface area contributed by atoms with E-state index in [4.69, 9.17) is 5.73 Å². The SMILES string of the molecule is CC(c1ccncc1)N(C)C(=O)C(N)c1cccs1. The number of carbonyl (C=O) groups is 1. The van der Waals surface area contributed by atoms with Crippen LogP contribution in [0, 0.1) is 0 Å². The molecule has 0 saturated carbocycles. The molecule has 19 heavy (non-hydrogen) atoms. The third kappa shape index (κ3) is 3.00. The number of hydrogen-bond acceptors (Lipinski definition) is 4. The van der Waals surface area contributed by atoms with Crippen molar-refractivity contribution in [3.63, 3.8) is 0 Å². The van der Waals surface area contributed by atoms with Gasteiger partial charge in [-0.2, -0.15) is 0 Å². The first-order valence-electron chi connectivity index (χ1n) is 6.07. The smallest absolute Gasteiger partial charge is 0.245 e. The number of rotatable bonds is 4. The van der Waals surface area contributed by atoms with Crippen LogP contribution in [0.3, 0.4) is 0 Å². The lowest BCUT2D eigenvalue weighted by Crippen LogP contribution is -2.37. The van der Waals surface area contributed by atoms with Gasteiger partial charge in [-0.05, 0) is 36.1 Å². The second-order valence-corrected chi connectivity index (χ2v) is 5.38. The number of nitrogens with two attached hydrogens (primary N) is 1. The second-order valence-electron chi connectivity index (χ2n) is 4.40. The van der Waals surface area contributed by atoms with Crippen LogP contribution >= 0.6 is 11.3 Å². The van der Waals surface area contributed by atoms with Crippen molar-refractivity contribution in [2.24, 2.45) is 5.73 Å². The Morgan fingerprint density at radius 1 is 1.37 bits per heavy atom. The topological polar surface area (TPSA) is 59.2 Å². The summed E-state index contributed by atoms with van der Waals surface area (Å²) < 4.78 is 0. The second kappa shape index (κ2) is 5.95. The Balaban J connectivity index is 2.11. The average Bonchev–Trinajstić information content (AvgIpc) is 2.99. The van der Waals surface area contributed by atoms with E-state index in [2.05, 4.69) is 4.98 Å². The Hall–Kier alpha value is -1.72. The van der Waals surface area contributed by atoms with E-state index in [1.165, 1.54) is 11.3 Å². The number of hydrogen-bond donors (Lipinski definition) is 1. The van der Waals surface area contributed by atoms with Crippen molar-refractivity contribution in [3.8, 4) is 0 Å². The molecule has 2 aromatic rings. The zero-order valence-corrected chi connectivity index (χ0v) is 11.8. The first-order chi connectivity index (χ1) is 9.11. The highest BCUT2D eigenvalue weighted by molar-refractivity contribution is 7.10. The standard InChI is InChI=1S/C14H17N3OS/c1-10(11-5-7-16-8-6-11)17(2)14(18)13(15)12-4-3-9-19-12/h3-10,13H,15H2,1-2H3. The van der Waals surface area contributed by atoms with Crippen LogP contribution in [0.2, 0.25) is 0 Å². The zero-order chi connectivity index (χ0) is 13.8. The maximum Gasteiger partial charge on any atom is 0.245 e. The third-order valence-corrected chi connectivity index (χ3v) is 4.19. The molecule has 1 amide bonds. The molecule has 0 saturated heterocycles. The van der Waals surface area contributed by atoms with Gasteiger partial charge in [-0.3, -0.25) is 9.78 Å². The summed E-state index contributed by atoms with van der Waals surface area (Å²) in [6.07, 6.45) is 3.45. The van der Waals surface area contributed by atoms with Gasteiger partial charge in [-0.1, -0.05) is 6.07 Å². The fourth-order valence-electron chi connectivity index (χ4n) is 1.87. The molecular weight excluding hydrogens is 258 g/mol. The van der Waals surface area contributed by atoms with Crippen molar-refractivity contribution >= 4 is 17.2 Å². The Bertz CT molecular complexity index is 527. The summed E-state index contributed by atoms with van der Waals surface area (Å²) in [6.45, 7) is 1.98. The lowest BCUT2D eigenvalue weighted by atomic mass is 10.1. The normalized spacial score (nSPS) is 13.8. The first kappa shape index (κ1) is 13.7. The fraction of sp³-hybridized carbons (Fsp3) is 0.286. The van der Waals surface area contributed by atoms with Crippen LogP contribution in [-0.2, 0) is 4.79 Å². The molecule has 0 fully saturated rings. The van der Waals surface area contributed by atoms with Crippen LogP contribution in [0.5, 0.6) is 0 Å². The fourth-order valence-corrected chi connectivity index (χ4v) is 2.58.